The van der Waals surface area contributed by atoms with Gasteiger partial charge in [0.25, 0.3) is 5.91 Å². The summed E-state index contributed by atoms with van der Waals surface area (Å²) in [5, 5.41) is 3.98. The number of rotatable bonds is 8. The smallest absolute Gasteiger partial charge is 0.261 e. The van der Waals surface area contributed by atoms with Crippen molar-refractivity contribution in [2.75, 3.05) is 6.61 Å². The quantitative estimate of drug-likeness (QED) is 0.504. The van der Waals surface area contributed by atoms with Crippen molar-refractivity contribution < 1.29 is 14.3 Å². The molecule has 1 saturated carbocycles. The fourth-order valence-electron chi connectivity index (χ4n) is 4.09. The maximum absolute atomic E-state index is 13.3. The molecular formula is C26H32Cl2N2O3. The third-order valence-electron chi connectivity index (χ3n) is 6.36. The number of ether oxygens (including phenoxy) is 1. The topological polar surface area (TPSA) is 58.6 Å². The fraction of sp³-hybridized carbons (Fsp3) is 0.462. The van der Waals surface area contributed by atoms with Crippen molar-refractivity contribution in [3.05, 3.63) is 63.1 Å². The van der Waals surface area contributed by atoms with Crippen molar-refractivity contribution in [2.24, 2.45) is 0 Å². The van der Waals surface area contributed by atoms with E-state index < -0.39 is 6.04 Å². The molecule has 0 radical (unpaired) electrons. The highest BCUT2D eigenvalue weighted by atomic mass is 35.5. The van der Waals surface area contributed by atoms with Gasteiger partial charge < -0.3 is 15.0 Å². The minimum Gasteiger partial charge on any atom is -0.483 e. The van der Waals surface area contributed by atoms with Crippen molar-refractivity contribution in [1.82, 2.24) is 10.2 Å². The van der Waals surface area contributed by atoms with E-state index in [1.165, 1.54) is 6.42 Å². The Labute approximate surface area is 206 Å². The van der Waals surface area contributed by atoms with Crippen LogP contribution in [0.3, 0.4) is 0 Å². The summed E-state index contributed by atoms with van der Waals surface area (Å²) in [5.41, 5.74) is 2.87. The Balaban J connectivity index is 1.75. The number of aryl methyl sites for hydroxylation is 1. The maximum Gasteiger partial charge on any atom is 0.261 e. The van der Waals surface area contributed by atoms with Gasteiger partial charge in [0.1, 0.15) is 11.8 Å². The van der Waals surface area contributed by atoms with E-state index in [9.17, 15) is 9.59 Å². The molecule has 0 aliphatic heterocycles. The lowest BCUT2D eigenvalue weighted by atomic mass is 9.95. The minimum atomic E-state index is -0.656. The van der Waals surface area contributed by atoms with Crippen LogP contribution in [0.25, 0.3) is 0 Å². The summed E-state index contributed by atoms with van der Waals surface area (Å²) >= 11 is 12.2. The molecular weight excluding hydrogens is 459 g/mol. The molecule has 33 heavy (non-hydrogen) atoms. The number of hydrogen-bond acceptors (Lipinski definition) is 3. The lowest BCUT2D eigenvalue weighted by Gasteiger charge is -2.31. The third kappa shape index (κ3) is 6.87. The number of halogens is 2. The summed E-state index contributed by atoms with van der Waals surface area (Å²) in [7, 11) is 0. The van der Waals surface area contributed by atoms with Crippen molar-refractivity contribution in [1.29, 1.82) is 0 Å². The normalized spacial score (nSPS) is 15.1. The highest BCUT2D eigenvalue weighted by Gasteiger charge is 2.28. The molecule has 0 aromatic heterocycles. The van der Waals surface area contributed by atoms with Gasteiger partial charge in [0.15, 0.2) is 6.61 Å². The first-order valence-corrected chi connectivity index (χ1v) is 12.2. The predicted octanol–water partition coefficient (Wildman–Crippen LogP) is 5.86. The van der Waals surface area contributed by atoms with Crippen molar-refractivity contribution in [2.45, 2.75) is 71.5 Å². The molecule has 0 spiro atoms. The van der Waals surface area contributed by atoms with E-state index in [-0.39, 0.29) is 31.0 Å². The van der Waals surface area contributed by atoms with Crippen molar-refractivity contribution in [3.63, 3.8) is 0 Å². The molecule has 2 aromatic rings. The second-order valence-electron chi connectivity index (χ2n) is 8.78. The van der Waals surface area contributed by atoms with E-state index in [2.05, 4.69) is 5.32 Å². The van der Waals surface area contributed by atoms with Crippen LogP contribution < -0.4 is 10.1 Å². The van der Waals surface area contributed by atoms with Crippen LogP contribution in [-0.4, -0.2) is 35.4 Å². The van der Waals surface area contributed by atoms with Gasteiger partial charge in [-0.05, 0) is 68.5 Å². The second kappa shape index (κ2) is 11.8. The first-order chi connectivity index (χ1) is 15.8. The highest BCUT2D eigenvalue weighted by molar-refractivity contribution is 6.42. The maximum atomic E-state index is 13.3. The molecule has 178 valence electrons. The molecule has 0 heterocycles. The average molecular weight is 491 g/mol. The molecule has 1 N–H and O–H groups in total. The molecule has 3 rings (SSSR count). The Kier molecular flexibility index (Phi) is 9.04. The number of hydrogen-bond donors (Lipinski definition) is 1. The Hall–Kier alpha value is -2.24. The number of carbonyl (C=O) groups is 2. The molecule has 1 aliphatic carbocycles. The Morgan fingerprint density at radius 3 is 2.52 bits per heavy atom. The number of nitrogens with zero attached hydrogens (tertiary/aromatic N) is 1. The molecule has 2 aromatic carbocycles. The molecule has 1 aliphatic rings. The van der Waals surface area contributed by atoms with Crippen LogP contribution in [0.5, 0.6) is 5.75 Å². The van der Waals surface area contributed by atoms with Crippen LogP contribution in [0.4, 0.5) is 0 Å². The average Bonchev–Trinajstić information content (AvgIpc) is 2.80. The highest BCUT2D eigenvalue weighted by Crippen LogP contribution is 2.25. The van der Waals surface area contributed by atoms with E-state index in [4.69, 9.17) is 27.9 Å². The number of benzene rings is 2. The summed E-state index contributed by atoms with van der Waals surface area (Å²) < 4.78 is 5.85. The number of carbonyl (C=O) groups excluding carboxylic acids is 2. The standard InChI is InChI=1S/C26H32Cl2N2O3/c1-17-8-7-11-24(18(17)2)33-16-25(31)30(15-20-12-13-22(27)23(28)14-20)19(3)26(32)29-21-9-5-4-6-10-21/h7-8,11-14,19,21H,4-6,9-10,15-16H2,1-3H3,(H,29,32)/t19-/m0/s1. The fourth-order valence-corrected chi connectivity index (χ4v) is 4.41. The van der Waals surface area contributed by atoms with Gasteiger partial charge in [0.2, 0.25) is 5.91 Å². The molecule has 2 amide bonds. The van der Waals surface area contributed by atoms with Crippen LogP contribution in [0.2, 0.25) is 10.0 Å². The van der Waals surface area contributed by atoms with Gasteiger partial charge in [0.05, 0.1) is 10.0 Å². The summed E-state index contributed by atoms with van der Waals surface area (Å²) in [6.07, 6.45) is 5.41. The van der Waals surface area contributed by atoms with Crippen LogP contribution in [-0.2, 0) is 16.1 Å². The molecule has 1 atom stereocenters. The predicted molar refractivity (Wildman–Crippen MR) is 133 cm³/mol. The third-order valence-corrected chi connectivity index (χ3v) is 7.10. The van der Waals surface area contributed by atoms with Crippen LogP contribution in [0.15, 0.2) is 36.4 Å². The minimum absolute atomic E-state index is 0.151. The largest absolute Gasteiger partial charge is 0.483 e. The van der Waals surface area contributed by atoms with Gasteiger partial charge in [-0.25, -0.2) is 0 Å². The first kappa shape index (κ1) is 25.4. The summed E-state index contributed by atoms with van der Waals surface area (Å²) in [6, 6.07) is 10.5. The molecule has 0 unspecified atom stereocenters. The SMILES string of the molecule is Cc1cccc(OCC(=O)N(Cc2ccc(Cl)c(Cl)c2)[C@@H](C)C(=O)NC2CCCCC2)c1C. The van der Waals surface area contributed by atoms with Gasteiger partial charge in [-0.1, -0.05) is 60.7 Å². The van der Waals surface area contributed by atoms with Gasteiger partial charge in [-0.2, -0.15) is 0 Å². The molecule has 7 heteroatoms. The molecule has 0 bridgehead atoms. The van der Waals surface area contributed by atoms with Crippen LogP contribution in [0, 0.1) is 13.8 Å². The van der Waals surface area contributed by atoms with E-state index in [0.717, 1.165) is 42.4 Å². The van der Waals surface area contributed by atoms with E-state index in [1.54, 1.807) is 24.0 Å². The number of amides is 2. The zero-order valence-corrected chi connectivity index (χ0v) is 21.0. The Morgan fingerprint density at radius 1 is 1.09 bits per heavy atom. The van der Waals surface area contributed by atoms with Crippen molar-refractivity contribution >= 4 is 35.0 Å². The first-order valence-electron chi connectivity index (χ1n) is 11.5. The lowest BCUT2D eigenvalue weighted by molar-refractivity contribution is -0.142. The van der Waals surface area contributed by atoms with Crippen molar-refractivity contribution in [3.8, 4) is 5.75 Å². The van der Waals surface area contributed by atoms with Gasteiger partial charge in [-0.15, -0.1) is 0 Å². The summed E-state index contributed by atoms with van der Waals surface area (Å²) in [6.45, 7) is 5.78. The molecule has 5 nitrogen and oxygen atoms in total. The summed E-state index contributed by atoms with van der Waals surface area (Å²) in [4.78, 5) is 27.9. The van der Waals surface area contributed by atoms with Gasteiger partial charge >= 0.3 is 0 Å². The monoisotopic (exact) mass is 490 g/mol. The Morgan fingerprint density at radius 2 is 1.82 bits per heavy atom. The van der Waals surface area contributed by atoms with E-state index in [0.29, 0.717) is 15.8 Å². The molecule has 0 saturated heterocycles. The zero-order chi connectivity index (χ0) is 24.0. The lowest BCUT2D eigenvalue weighted by Crippen LogP contribution is -2.51. The second-order valence-corrected chi connectivity index (χ2v) is 9.59. The Bertz CT molecular complexity index is 989. The van der Waals surface area contributed by atoms with Crippen LogP contribution >= 0.6 is 23.2 Å². The molecule has 1 fully saturated rings. The van der Waals surface area contributed by atoms with Gasteiger partial charge in [-0.3, -0.25) is 9.59 Å². The zero-order valence-electron chi connectivity index (χ0n) is 19.5. The van der Waals surface area contributed by atoms with E-state index >= 15 is 0 Å². The van der Waals surface area contributed by atoms with Crippen LogP contribution in [0.1, 0.15) is 55.7 Å². The van der Waals surface area contributed by atoms with Gasteiger partial charge in [0, 0.05) is 12.6 Å². The van der Waals surface area contributed by atoms with E-state index in [1.807, 2.05) is 38.1 Å². The summed E-state index contributed by atoms with van der Waals surface area (Å²) in [5.74, 6) is 0.243. The number of nitrogens with one attached hydrogen (secondary N) is 1.